The Labute approximate surface area is 83.0 Å². The van der Waals surface area contributed by atoms with Crippen LogP contribution in [0, 0.1) is 5.41 Å². The van der Waals surface area contributed by atoms with Crippen LogP contribution >= 0.6 is 0 Å². The number of likely N-dealkylation sites (N-methyl/N-ethyl adjacent to an activating group) is 1. The van der Waals surface area contributed by atoms with Crippen molar-refractivity contribution in [1.82, 2.24) is 10.2 Å². The molecule has 0 aliphatic heterocycles. The summed E-state index contributed by atoms with van der Waals surface area (Å²) in [5.74, 6) is 0. The molecule has 1 unspecified atom stereocenters. The van der Waals surface area contributed by atoms with E-state index in [0.29, 0.717) is 6.04 Å². The molecule has 0 amide bonds. The Hall–Kier alpha value is -0.500. The standard InChI is InChI=1S/C11H24N2/c1-9(2)12-10(8-13(6)7)11(3,4)5/h10,12H,1,8H2,2-7H3. The molecule has 78 valence electrons. The molecule has 0 rings (SSSR count). The van der Waals surface area contributed by atoms with Crippen LogP contribution in [0.1, 0.15) is 27.7 Å². The van der Waals surface area contributed by atoms with E-state index in [4.69, 9.17) is 0 Å². The molecule has 0 aliphatic carbocycles. The van der Waals surface area contributed by atoms with Gasteiger partial charge in [0.1, 0.15) is 0 Å². The van der Waals surface area contributed by atoms with Gasteiger partial charge in [-0.1, -0.05) is 27.4 Å². The largest absolute Gasteiger partial charge is 0.384 e. The molecule has 0 heterocycles. The Morgan fingerprint density at radius 3 is 2.08 bits per heavy atom. The van der Waals surface area contributed by atoms with Crippen LogP contribution in [0.15, 0.2) is 12.3 Å². The van der Waals surface area contributed by atoms with Crippen LogP contribution in [0.5, 0.6) is 0 Å². The van der Waals surface area contributed by atoms with Crippen molar-refractivity contribution in [3.05, 3.63) is 12.3 Å². The summed E-state index contributed by atoms with van der Waals surface area (Å²) < 4.78 is 0. The van der Waals surface area contributed by atoms with E-state index in [0.717, 1.165) is 12.2 Å². The minimum Gasteiger partial charge on any atom is -0.384 e. The van der Waals surface area contributed by atoms with Crippen LogP contribution in [0.3, 0.4) is 0 Å². The molecule has 0 bridgehead atoms. The van der Waals surface area contributed by atoms with Crippen LogP contribution in [-0.4, -0.2) is 31.6 Å². The molecule has 0 aromatic rings. The van der Waals surface area contributed by atoms with E-state index < -0.39 is 0 Å². The highest BCUT2D eigenvalue weighted by Crippen LogP contribution is 2.20. The fourth-order valence-electron chi connectivity index (χ4n) is 1.20. The Morgan fingerprint density at radius 1 is 1.38 bits per heavy atom. The molecule has 0 aromatic carbocycles. The maximum absolute atomic E-state index is 3.89. The Balaban J connectivity index is 4.28. The van der Waals surface area contributed by atoms with Gasteiger partial charge in [0.2, 0.25) is 0 Å². The van der Waals surface area contributed by atoms with Crippen LogP contribution in [0.4, 0.5) is 0 Å². The van der Waals surface area contributed by atoms with Gasteiger partial charge in [0.05, 0.1) is 0 Å². The van der Waals surface area contributed by atoms with Gasteiger partial charge in [-0.15, -0.1) is 0 Å². The monoisotopic (exact) mass is 184 g/mol. The SMILES string of the molecule is C=C(C)NC(CN(C)C)C(C)(C)C. The first kappa shape index (κ1) is 12.5. The number of rotatable bonds is 4. The summed E-state index contributed by atoms with van der Waals surface area (Å²) in [6, 6.07) is 0.458. The van der Waals surface area contributed by atoms with Crippen molar-refractivity contribution in [2.45, 2.75) is 33.7 Å². The third-order valence-corrected chi connectivity index (χ3v) is 2.01. The molecule has 1 N–H and O–H groups in total. The molecular weight excluding hydrogens is 160 g/mol. The topological polar surface area (TPSA) is 15.3 Å². The third-order valence-electron chi connectivity index (χ3n) is 2.01. The van der Waals surface area contributed by atoms with E-state index in [1.54, 1.807) is 0 Å². The first-order chi connectivity index (χ1) is 5.73. The summed E-state index contributed by atoms with van der Waals surface area (Å²) in [6.07, 6.45) is 0. The molecule has 1 atom stereocenters. The molecule has 2 heteroatoms. The van der Waals surface area contributed by atoms with Crippen molar-refractivity contribution in [2.24, 2.45) is 5.41 Å². The van der Waals surface area contributed by atoms with E-state index in [2.05, 4.69) is 51.7 Å². The van der Waals surface area contributed by atoms with Gasteiger partial charge in [-0.3, -0.25) is 0 Å². The highest BCUT2D eigenvalue weighted by atomic mass is 15.1. The van der Waals surface area contributed by atoms with Crippen molar-refractivity contribution in [1.29, 1.82) is 0 Å². The van der Waals surface area contributed by atoms with Crippen LogP contribution in [0.25, 0.3) is 0 Å². The van der Waals surface area contributed by atoms with Crippen LogP contribution in [-0.2, 0) is 0 Å². The maximum atomic E-state index is 3.89. The molecule has 0 aliphatic rings. The quantitative estimate of drug-likeness (QED) is 0.719. The number of hydrogen-bond acceptors (Lipinski definition) is 2. The molecule has 0 aromatic heterocycles. The average molecular weight is 184 g/mol. The van der Waals surface area contributed by atoms with Crippen molar-refractivity contribution < 1.29 is 0 Å². The lowest BCUT2D eigenvalue weighted by Gasteiger charge is -2.34. The minimum absolute atomic E-state index is 0.267. The van der Waals surface area contributed by atoms with E-state index >= 15 is 0 Å². The maximum Gasteiger partial charge on any atom is 0.0433 e. The second-order valence-electron chi connectivity index (χ2n) is 5.11. The zero-order chi connectivity index (χ0) is 10.6. The molecular formula is C11H24N2. The van der Waals surface area contributed by atoms with E-state index in [1.165, 1.54) is 0 Å². The summed E-state index contributed by atoms with van der Waals surface area (Å²) in [5.41, 5.74) is 1.31. The zero-order valence-electron chi connectivity index (χ0n) is 9.94. The number of nitrogens with one attached hydrogen (secondary N) is 1. The normalized spacial score (nSPS) is 14.4. The zero-order valence-corrected chi connectivity index (χ0v) is 9.94. The van der Waals surface area contributed by atoms with Gasteiger partial charge in [-0.25, -0.2) is 0 Å². The molecule has 2 nitrogen and oxygen atoms in total. The predicted octanol–water partition coefficient (Wildman–Crippen LogP) is 2.09. The molecule has 0 saturated heterocycles. The lowest BCUT2D eigenvalue weighted by atomic mass is 9.86. The molecule has 0 spiro atoms. The first-order valence-corrected chi connectivity index (χ1v) is 4.80. The summed E-state index contributed by atoms with van der Waals surface area (Å²) in [4.78, 5) is 2.20. The van der Waals surface area contributed by atoms with Gasteiger partial charge in [-0.05, 0) is 26.4 Å². The second-order valence-corrected chi connectivity index (χ2v) is 5.11. The van der Waals surface area contributed by atoms with Crippen LogP contribution in [0.2, 0.25) is 0 Å². The molecule has 0 radical (unpaired) electrons. The fraction of sp³-hybridized carbons (Fsp3) is 0.818. The Morgan fingerprint density at radius 2 is 1.85 bits per heavy atom. The van der Waals surface area contributed by atoms with Crippen LogP contribution < -0.4 is 5.32 Å². The average Bonchev–Trinajstić information content (AvgIpc) is 1.81. The van der Waals surface area contributed by atoms with Gasteiger partial charge in [-0.2, -0.15) is 0 Å². The van der Waals surface area contributed by atoms with Gasteiger partial charge in [0.15, 0.2) is 0 Å². The molecule has 0 fully saturated rings. The van der Waals surface area contributed by atoms with Gasteiger partial charge >= 0.3 is 0 Å². The smallest absolute Gasteiger partial charge is 0.0433 e. The predicted molar refractivity (Wildman–Crippen MR) is 59.7 cm³/mol. The van der Waals surface area contributed by atoms with Crippen molar-refractivity contribution in [2.75, 3.05) is 20.6 Å². The number of allylic oxidation sites excluding steroid dienone is 1. The molecule has 13 heavy (non-hydrogen) atoms. The van der Waals surface area contributed by atoms with Crippen molar-refractivity contribution in [3.63, 3.8) is 0 Å². The second kappa shape index (κ2) is 4.66. The summed E-state index contributed by atoms with van der Waals surface area (Å²) >= 11 is 0. The highest BCUT2D eigenvalue weighted by molar-refractivity contribution is 4.94. The van der Waals surface area contributed by atoms with E-state index in [9.17, 15) is 0 Å². The van der Waals surface area contributed by atoms with Crippen molar-refractivity contribution in [3.8, 4) is 0 Å². The minimum atomic E-state index is 0.267. The van der Waals surface area contributed by atoms with E-state index in [1.807, 2.05) is 6.92 Å². The number of hydrogen-bond donors (Lipinski definition) is 1. The highest BCUT2D eigenvalue weighted by Gasteiger charge is 2.24. The Bertz CT molecular complexity index is 165. The van der Waals surface area contributed by atoms with Crippen molar-refractivity contribution >= 4 is 0 Å². The van der Waals surface area contributed by atoms with E-state index in [-0.39, 0.29) is 5.41 Å². The third kappa shape index (κ3) is 5.69. The summed E-state index contributed by atoms with van der Waals surface area (Å²) in [7, 11) is 4.19. The number of nitrogens with zero attached hydrogens (tertiary/aromatic N) is 1. The van der Waals surface area contributed by atoms with Gasteiger partial charge in [0.25, 0.3) is 0 Å². The van der Waals surface area contributed by atoms with Gasteiger partial charge in [0, 0.05) is 18.3 Å². The fourth-order valence-corrected chi connectivity index (χ4v) is 1.20. The lowest BCUT2D eigenvalue weighted by molar-refractivity contribution is 0.224. The lowest BCUT2D eigenvalue weighted by Crippen LogP contribution is -2.46. The Kier molecular flexibility index (Phi) is 4.48. The van der Waals surface area contributed by atoms with Gasteiger partial charge < -0.3 is 10.2 Å². The summed E-state index contributed by atoms with van der Waals surface area (Å²) in [5, 5.41) is 3.42. The molecule has 0 saturated carbocycles. The first-order valence-electron chi connectivity index (χ1n) is 4.80. The summed E-state index contributed by atoms with van der Waals surface area (Å²) in [6.45, 7) is 13.7.